The summed E-state index contributed by atoms with van der Waals surface area (Å²) in [5.74, 6) is -1.00. The second-order valence-electron chi connectivity index (χ2n) is 4.44. The van der Waals surface area contributed by atoms with Gasteiger partial charge in [-0.25, -0.2) is 4.98 Å². The van der Waals surface area contributed by atoms with E-state index in [9.17, 15) is 14.7 Å². The molecule has 0 saturated carbocycles. The van der Waals surface area contributed by atoms with Crippen LogP contribution in [-0.2, 0) is 14.3 Å². The molecular weight excluding hydrogens is 320 g/mol. The summed E-state index contributed by atoms with van der Waals surface area (Å²) in [6, 6.07) is 1.63. The maximum atomic E-state index is 12.0. The van der Waals surface area contributed by atoms with Crippen molar-refractivity contribution in [3.8, 4) is 5.75 Å². The Morgan fingerprint density at radius 1 is 1.58 bits per heavy atom. The van der Waals surface area contributed by atoms with E-state index >= 15 is 0 Å². The van der Waals surface area contributed by atoms with Crippen LogP contribution < -0.4 is 10.1 Å². The summed E-state index contributed by atoms with van der Waals surface area (Å²) in [7, 11) is 0. The van der Waals surface area contributed by atoms with Crippen LogP contribution >= 0.6 is 15.9 Å². The van der Waals surface area contributed by atoms with E-state index in [1.165, 1.54) is 6.20 Å². The first kappa shape index (κ1) is 12.4. The first-order valence-electron chi connectivity index (χ1n) is 5.47. The molecule has 1 atom stereocenters. The average Bonchev–Trinajstić information content (AvgIpc) is 2.28. The lowest BCUT2D eigenvalue weighted by molar-refractivity contribution is -0.200. The molecule has 1 aromatic heterocycles. The van der Waals surface area contributed by atoms with E-state index in [2.05, 4.69) is 26.2 Å². The number of amides is 1. The van der Waals surface area contributed by atoms with Gasteiger partial charge in [0.1, 0.15) is 0 Å². The summed E-state index contributed by atoms with van der Waals surface area (Å²) in [5, 5.41) is 11.8. The molecule has 1 saturated heterocycles. The van der Waals surface area contributed by atoms with Gasteiger partial charge in [-0.05, 0) is 22.0 Å². The zero-order chi connectivity index (χ0) is 13.6. The van der Waals surface area contributed by atoms with Crippen LogP contribution in [0.25, 0.3) is 0 Å². The number of carbonyl (C=O) groups is 2. The first-order chi connectivity index (χ1) is 9.03. The third-order valence-electron chi connectivity index (χ3n) is 3.19. The summed E-state index contributed by atoms with van der Waals surface area (Å²) in [6.45, 7) is -0.0889. The highest BCUT2D eigenvalue weighted by molar-refractivity contribution is 9.10. The number of carbonyl (C=O) groups excluding carboxylic acids is 1. The molecule has 2 aliphatic heterocycles. The maximum Gasteiger partial charge on any atom is 0.318 e. The summed E-state index contributed by atoms with van der Waals surface area (Å²) >= 11 is 3.24. The minimum absolute atomic E-state index is 0.0445. The molecule has 8 heteroatoms. The van der Waals surface area contributed by atoms with Crippen LogP contribution in [0.2, 0.25) is 0 Å². The van der Waals surface area contributed by atoms with E-state index in [1.54, 1.807) is 6.07 Å². The molecule has 3 rings (SSSR count). The SMILES string of the molecule is O=C1Nc2ncc(Br)cc2OC1C1(C(=O)O)COC1. The van der Waals surface area contributed by atoms with Gasteiger partial charge in [0.15, 0.2) is 23.1 Å². The van der Waals surface area contributed by atoms with E-state index in [4.69, 9.17) is 9.47 Å². The summed E-state index contributed by atoms with van der Waals surface area (Å²) in [5.41, 5.74) is -1.33. The van der Waals surface area contributed by atoms with Crippen molar-refractivity contribution in [2.75, 3.05) is 18.5 Å². The Bertz CT molecular complexity index is 572. The van der Waals surface area contributed by atoms with E-state index in [1.807, 2.05) is 0 Å². The number of carboxylic acid groups (broad SMARTS) is 1. The van der Waals surface area contributed by atoms with Gasteiger partial charge in [0, 0.05) is 10.7 Å². The number of anilines is 1. The zero-order valence-electron chi connectivity index (χ0n) is 9.55. The highest BCUT2D eigenvalue weighted by Crippen LogP contribution is 2.39. The highest BCUT2D eigenvalue weighted by atomic mass is 79.9. The van der Waals surface area contributed by atoms with Gasteiger partial charge >= 0.3 is 5.97 Å². The quantitative estimate of drug-likeness (QED) is 0.827. The van der Waals surface area contributed by atoms with E-state index in [0.29, 0.717) is 10.2 Å². The molecule has 7 nitrogen and oxygen atoms in total. The Kier molecular flexibility index (Phi) is 2.72. The molecule has 0 aliphatic carbocycles. The van der Waals surface area contributed by atoms with Gasteiger partial charge in [0.2, 0.25) is 0 Å². The molecule has 2 aliphatic rings. The lowest BCUT2D eigenvalue weighted by Gasteiger charge is -2.43. The highest BCUT2D eigenvalue weighted by Gasteiger charge is 2.58. The number of halogens is 1. The van der Waals surface area contributed by atoms with E-state index < -0.39 is 23.4 Å². The number of pyridine rings is 1. The van der Waals surface area contributed by atoms with Crippen molar-refractivity contribution in [2.24, 2.45) is 5.41 Å². The Balaban J connectivity index is 1.97. The Morgan fingerprint density at radius 2 is 2.32 bits per heavy atom. The number of carboxylic acids is 1. The average molecular weight is 329 g/mol. The summed E-state index contributed by atoms with van der Waals surface area (Å²) in [4.78, 5) is 27.3. The number of fused-ring (bicyclic) bond motifs is 1. The number of nitrogens with one attached hydrogen (secondary N) is 1. The molecule has 1 amide bonds. The minimum atomic E-state index is -1.33. The van der Waals surface area contributed by atoms with Gasteiger partial charge in [-0.2, -0.15) is 0 Å². The van der Waals surface area contributed by atoms with E-state index in [0.717, 1.165) is 0 Å². The van der Waals surface area contributed by atoms with Crippen LogP contribution in [-0.4, -0.2) is 41.3 Å². The first-order valence-corrected chi connectivity index (χ1v) is 6.26. The Morgan fingerprint density at radius 3 is 2.89 bits per heavy atom. The van der Waals surface area contributed by atoms with Crippen molar-refractivity contribution in [3.05, 3.63) is 16.7 Å². The smallest absolute Gasteiger partial charge is 0.318 e. The van der Waals surface area contributed by atoms with Crippen molar-refractivity contribution in [2.45, 2.75) is 6.10 Å². The Labute approximate surface area is 116 Å². The fourth-order valence-corrected chi connectivity index (χ4v) is 2.35. The lowest BCUT2D eigenvalue weighted by atomic mass is 9.79. The van der Waals surface area contributed by atoms with Crippen LogP contribution in [0.4, 0.5) is 5.82 Å². The number of aromatic nitrogens is 1. The molecule has 19 heavy (non-hydrogen) atoms. The second-order valence-corrected chi connectivity index (χ2v) is 5.36. The molecule has 0 radical (unpaired) electrons. The van der Waals surface area contributed by atoms with E-state index in [-0.39, 0.29) is 19.0 Å². The van der Waals surface area contributed by atoms with Crippen molar-refractivity contribution >= 4 is 33.6 Å². The maximum absolute atomic E-state index is 12.0. The largest absolute Gasteiger partial charge is 0.481 e. The van der Waals surface area contributed by atoms with Gasteiger partial charge in [0.25, 0.3) is 5.91 Å². The number of rotatable bonds is 2. The van der Waals surface area contributed by atoms with Gasteiger partial charge in [-0.15, -0.1) is 0 Å². The van der Waals surface area contributed by atoms with Gasteiger partial charge in [-0.3, -0.25) is 9.59 Å². The van der Waals surface area contributed by atoms with Crippen LogP contribution in [0.15, 0.2) is 16.7 Å². The molecule has 1 fully saturated rings. The van der Waals surface area contributed by atoms with Gasteiger partial charge in [0.05, 0.1) is 13.2 Å². The van der Waals surface area contributed by atoms with Crippen LogP contribution in [0.5, 0.6) is 5.75 Å². The lowest BCUT2D eigenvalue weighted by Crippen LogP contribution is -2.63. The number of ether oxygens (including phenoxy) is 2. The zero-order valence-corrected chi connectivity index (χ0v) is 11.1. The molecule has 1 aromatic rings. The predicted octanol–water partition coefficient (Wildman–Crippen LogP) is 0.645. The third kappa shape index (κ3) is 1.79. The van der Waals surface area contributed by atoms with Crippen molar-refractivity contribution < 1.29 is 24.2 Å². The normalized spacial score (nSPS) is 23.6. The van der Waals surface area contributed by atoms with Gasteiger partial charge in [-0.1, -0.05) is 0 Å². The monoisotopic (exact) mass is 328 g/mol. The fourth-order valence-electron chi connectivity index (χ4n) is 2.04. The number of aliphatic carboxylic acids is 1. The number of hydrogen-bond acceptors (Lipinski definition) is 5. The molecule has 2 N–H and O–H groups in total. The molecule has 0 bridgehead atoms. The van der Waals surface area contributed by atoms with Crippen LogP contribution in [0, 0.1) is 5.41 Å². The standard InChI is InChI=1S/C11H9BrN2O5/c12-5-1-6-8(13-2-5)14-9(15)7(19-6)11(10(16)17)3-18-4-11/h1-2,7H,3-4H2,(H,16,17)(H,13,14,15). The topological polar surface area (TPSA) is 97.8 Å². The molecule has 1 unspecified atom stereocenters. The number of hydrogen-bond donors (Lipinski definition) is 2. The van der Waals surface area contributed by atoms with Crippen molar-refractivity contribution in [1.82, 2.24) is 4.98 Å². The summed E-state index contributed by atoms with van der Waals surface area (Å²) < 4.78 is 11.2. The molecular formula is C11H9BrN2O5. The third-order valence-corrected chi connectivity index (χ3v) is 3.62. The predicted molar refractivity (Wildman–Crippen MR) is 65.9 cm³/mol. The van der Waals surface area contributed by atoms with Crippen molar-refractivity contribution in [3.63, 3.8) is 0 Å². The van der Waals surface area contributed by atoms with Crippen LogP contribution in [0.1, 0.15) is 0 Å². The van der Waals surface area contributed by atoms with Crippen LogP contribution in [0.3, 0.4) is 0 Å². The van der Waals surface area contributed by atoms with Gasteiger partial charge < -0.3 is 19.9 Å². The molecule has 3 heterocycles. The van der Waals surface area contributed by atoms with Crippen molar-refractivity contribution in [1.29, 1.82) is 0 Å². The molecule has 100 valence electrons. The molecule has 0 spiro atoms. The molecule has 0 aromatic carbocycles. The second kappa shape index (κ2) is 4.17. The number of nitrogens with zero attached hydrogens (tertiary/aromatic N) is 1. The fraction of sp³-hybridized carbons (Fsp3) is 0.364. The Hall–Kier alpha value is -1.67. The summed E-state index contributed by atoms with van der Waals surface area (Å²) in [6.07, 6.45) is 0.393. The minimum Gasteiger partial charge on any atom is -0.481 e.